The number of carboxylic acid groups (broad SMARTS) is 1. The Kier molecular flexibility index (Phi) is 2.54. The molecule has 2 rings (SSSR count). The van der Waals surface area contributed by atoms with E-state index in [1.807, 2.05) is 0 Å². The molecule has 3 heteroatoms. The zero-order chi connectivity index (χ0) is 9.31. The Morgan fingerprint density at radius 2 is 1.85 bits per heavy atom. The standard InChI is InChI=1S/C10H16O2S/c11-9(12)10(6-7-10)13-8-4-2-1-3-5-8/h8H,1-7H2,(H,11,12). The normalized spacial score (nSPS) is 27.1. The number of rotatable bonds is 3. The van der Waals surface area contributed by atoms with Crippen LogP contribution < -0.4 is 0 Å². The van der Waals surface area contributed by atoms with Crippen molar-refractivity contribution in [3.8, 4) is 0 Å². The third-order valence-corrected chi connectivity index (χ3v) is 4.88. The Labute approximate surface area is 83.1 Å². The number of hydrogen-bond acceptors (Lipinski definition) is 2. The van der Waals surface area contributed by atoms with E-state index < -0.39 is 5.97 Å². The molecular weight excluding hydrogens is 184 g/mol. The van der Waals surface area contributed by atoms with Crippen LogP contribution in [0.5, 0.6) is 0 Å². The Bertz CT molecular complexity index is 205. The lowest BCUT2D eigenvalue weighted by atomic mass is 10.0. The summed E-state index contributed by atoms with van der Waals surface area (Å²) in [7, 11) is 0. The Hall–Kier alpha value is -0.180. The van der Waals surface area contributed by atoms with Gasteiger partial charge in [-0.15, -0.1) is 11.8 Å². The minimum absolute atomic E-state index is 0.359. The molecule has 0 atom stereocenters. The van der Waals surface area contributed by atoms with Gasteiger partial charge in [0.05, 0.1) is 0 Å². The molecule has 1 N–H and O–H groups in total. The van der Waals surface area contributed by atoms with Gasteiger partial charge in [0.25, 0.3) is 0 Å². The summed E-state index contributed by atoms with van der Waals surface area (Å²) in [5.74, 6) is -0.580. The number of hydrogen-bond donors (Lipinski definition) is 1. The van der Waals surface area contributed by atoms with Gasteiger partial charge >= 0.3 is 5.97 Å². The SMILES string of the molecule is O=C(O)C1(SC2CCCCC2)CC1. The summed E-state index contributed by atoms with van der Waals surface area (Å²) in [5, 5.41) is 9.65. The van der Waals surface area contributed by atoms with Crippen LogP contribution in [-0.4, -0.2) is 21.1 Å². The molecule has 2 aliphatic carbocycles. The molecule has 13 heavy (non-hydrogen) atoms. The highest BCUT2D eigenvalue weighted by atomic mass is 32.2. The summed E-state index contributed by atoms with van der Waals surface area (Å²) in [4.78, 5) is 10.9. The van der Waals surface area contributed by atoms with Crippen molar-refractivity contribution in [1.82, 2.24) is 0 Å². The highest BCUT2D eigenvalue weighted by Crippen LogP contribution is 2.52. The van der Waals surface area contributed by atoms with Gasteiger partial charge in [-0.1, -0.05) is 19.3 Å². The highest BCUT2D eigenvalue weighted by Gasteiger charge is 2.52. The molecule has 0 saturated heterocycles. The molecule has 2 aliphatic rings. The highest BCUT2D eigenvalue weighted by molar-refractivity contribution is 8.02. The molecule has 0 radical (unpaired) electrons. The molecular formula is C10H16O2S. The van der Waals surface area contributed by atoms with E-state index in [4.69, 9.17) is 5.11 Å². The first-order valence-corrected chi connectivity index (χ1v) is 6.02. The van der Waals surface area contributed by atoms with Crippen LogP contribution in [0.3, 0.4) is 0 Å². The van der Waals surface area contributed by atoms with Crippen molar-refractivity contribution in [3.63, 3.8) is 0 Å². The van der Waals surface area contributed by atoms with Crippen molar-refractivity contribution >= 4 is 17.7 Å². The molecule has 74 valence electrons. The first kappa shape index (κ1) is 9.38. The molecule has 0 unspecified atom stereocenters. The predicted molar refractivity (Wildman–Crippen MR) is 54.1 cm³/mol. The third kappa shape index (κ3) is 2.01. The van der Waals surface area contributed by atoms with E-state index in [1.165, 1.54) is 32.1 Å². The van der Waals surface area contributed by atoms with E-state index in [0.717, 1.165) is 12.8 Å². The predicted octanol–water partition coefficient (Wildman–Crippen LogP) is 2.67. The summed E-state index contributed by atoms with van der Waals surface area (Å²) >= 11 is 1.74. The Morgan fingerprint density at radius 3 is 2.31 bits per heavy atom. The Morgan fingerprint density at radius 1 is 1.23 bits per heavy atom. The van der Waals surface area contributed by atoms with Gasteiger partial charge in [-0.05, 0) is 25.7 Å². The van der Waals surface area contributed by atoms with Crippen LogP contribution in [0, 0.1) is 0 Å². The van der Waals surface area contributed by atoms with E-state index in [9.17, 15) is 4.79 Å². The lowest BCUT2D eigenvalue weighted by Crippen LogP contribution is -2.22. The molecule has 0 aromatic rings. The second-order valence-electron chi connectivity index (χ2n) is 4.18. The average Bonchev–Trinajstić information content (AvgIpc) is 2.87. The van der Waals surface area contributed by atoms with Crippen LogP contribution in [0.25, 0.3) is 0 Å². The van der Waals surface area contributed by atoms with Crippen LogP contribution >= 0.6 is 11.8 Å². The van der Waals surface area contributed by atoms with Gasteiger partial charge in [0.1, 0.15) is 4.75 Å². The van der Waals surface area contributed by atoms with E-state index in [-0.39, 0.29) is 4.75 Å². The molecule has 0 bridgehead atoms. The van der Waals surface area contributed by atoms with Gasteiger partial charge in [-0.2, -0.15) is 0 Å². The summed E-state index contributed by atoms with van der Waals surface area (Å²) in [6, 6.07) is 0. The topological polar surface area (TPSA) is 37.3 Å². The van der Waals surface area contributed by atoms with E-state index in [1.54, 1.807) is 11.8 Å². The smallest absolute Gasteiger partial charge is 0.319 e. The van der Waals surface area contributed by atoms with Crippen LogP contribution in [0.1, 0.15) is 44.9 Å². The van der Waals surface area contributed by atoms with Crippen molar-refractivity contribution in [2.45, 2.75) is 54.9 Å². The van der Waals surface area contributed by atoms with Crippen molar-refractivity contribution in [2.75, 3.05) is 0 Å². The molecule has 0 aromatic heterocycles. The molecule has 0 aromatic carbocycles. The minimum Gasteiger partial charge on any atom is -0.480 e. The van der Waals surface area contributed by atoms with E-state index >= 15 is 0 Å². The third-order valence-electron chi connectivity index (χ3n) is 3.04. The largest absolute Gasteiger partial charge is 0.480 e. The maximum absolute atomic E-state index is 10.9. The maximum atomic E-state index is 10.9. The van der Waals surface area contributed by atoms with Gasteiger partial charge in [0.2, 0.25) is 0 Å². The fraction of sp³-hybridized carbons (Fsp3) is 0.900. The minimum atomic E-state index is -0.580. The number of thioether (sulfide) groups is 1. The van der Waals surface area contributed by atoms with Crippen LogP contribution in [-0.2, 0) is 4.79 Å². The summed E-state index contributed by atoms with van der Waals surface area (Å²) in [5.41, 5.74) is 0. The molecule has 0 spiro atoms. The molecule has 2 saturated carbocycles. The second-order valence-corrected chi connectivity index (χ2v) is 5.86. The lowest BCUT2D eigenvalue weighted by Gasteiger charge is -2.23. The molecule has 0 amide bonds. The lowest BCUT2D eigenvalue weighted by molar-refractivity contribution is -0.137. The molecule has 2 nitrogen and oxygen atoms in total. The van der Waals surface area contributed by atoms with Crippen molar-refractivity contribution in [2.24, 2.45) is 0 Å². The molecule has 0 heterocycles. The summed E-state index contributed by atoms with van der Waals surface area (Å²) in [6.07, 6.45) is 8.20. The summed E-state index contributed by atoms with van der Waals surface area (Å²) in [6.45, 7) is 0. The van der Waals surface area contributed by atoms with Gasteiger partial charge in [0, 0.05) is 5.25 Å². The van der Waals surface area contributed by atoms with E-state index in [0.29, 0.717) is 5.25 Å². The average molecular weight is 200 g/mol. The zero-order valence-corrected chi connectivity index (χ0v) is 8.61. The van der Waals surface area contributed by atoms with E-state index in [2.05, 4.69) is 0 Å². The monoisotopic (exact) mass is 200 g/mol. The quantitative estimate of drug-likeness (QED) is 0.761. The van der Waals surface area contributed by atoms with Gasteiger partial charge < -0.3 is 5.11 Å². The molecule has 0 aliphatic heterocycles. The van der Waals surface area contributed by atoms with Gasteiger partial charge in [0.15, 0.2) is 0 Å². The fourth-order valence-electron chi connectivity index (χ4n) is 2.00. The van der Waals surface area contributed by atoms with Gasteiger partial charge in [-0.3, -0.25) is 4.79 Å². The fourth-order valence-corrected chi connectivity index (χ4v) is 3.64. The number of carboxylic acids is 1. The summed E-state index contributed by atoms with van der Waals surface area (Å²) < 4.78 is -0.359. The number of carbonyl (C=O) groups is 1. The van der Waals surface area contributed by atoms with Gasteiger partial charge in [-0.25, -0.2) is 0 Å². The zero-order valence-electron chi connectivity index (χ0n) is 7.79. The van der Waals surface area contributed by atoms with Crippen LogP contribution in [0.4, 0.5) is 0 Å². The van der Waals surface area contributed by atoms with Crippen molar-refractivity contribution in [1.29, 1.82) is 0 Å². The number of aliphatic carboxylic acids is 1. The molecule has 2 fully saturated rings. The first-order valence-electron chi connectivity index (χ1n) is 5.14. The van der Waals surface area contributed by atoms with Crippen LogP contribution in [0.2, 0.25) is 0 Å². The second kappa shape index (κ2) is 3.52. The van der Waals surface area contributed by atoms with Crippen molar-refractivity contribution in [3.05, 3.63) is 0 Å². The maximum Gasteiger partial charge on any atom is 0.319 e. The Balaban J connectivity index is 1.86. The van der Waals surface area contributed by atoms with Crippen LogP contribution in [0.15, 0.2) is 0 Å². The first-order chi connectivity index (χ1) is 6.23. The van der Waals surface area contributed by atoms with Crippen molar-refractivity contribution < 1.29 is 9.90 Å².